The minimum Gasteiger partial charge on any atom is -0.497 e. The number of carbonyl (C=O) groups is 2. The van der Waals surface area contributed by atoms with Crippen LogP contribution in [0.1, 0.15) is 50.6 Å². The number of H-pyrrole nitrogens is 1. The number of imidazole rings is 1. The molecule has 8 nitrogen and oxygen atoms in total. The van der Waals surface area contributed by atoms with Gasteiger partial charge in [-0.1, -0.05) is 12.1 Å². The SMILES string of the molecule is CCOC(=O)C(C(=O)c1scc(C)c1NCc1ccc(OC)cc1)c1nc2cc3c(cc2[nH]1)CCN(C)CC3. The first kappa shape index (κ1) is 26.9. The maximum absolute atomic E-state index is 14.0. The van der Waals surface area contributed by atoms with Crippen molar-refractivity contribution >= 4 is 39.8 Å². The smallest absolute Gasteiger partial charge is 0.324 e. The van der Waals surface area contributed by atoms with E-state index in [1.807, 2.05) is 36.6 Å². The zero-order valence-corrected chi connectivity index (χ0v) is 23.6. The number of ketones is 1. The van der Waals surface area contributed by atoms with E-state index in [1.54, 1.807) is 14.0 Å². The first-order chi connectivity index (χ1) is 18.9. The monoisotopic (exact) mass is 546 g/mol. The molecule has 9 heteroatoms. The average molecular weight is 547 g/mol. The first-order valence-corrected chi connectivity index (χ1v) is 14.1. The van der Waals surface area contributed by atoms with Gasteiger partial charge < -0.3 is 24.7 Å². The zero-order chi connectivity index (χ0) is 27.5. The minimum absolute atomic E-state index is 0.177. The maximum Gasteiger partial charge on any atom is 0.324 e. The number of aromatic amines is 1. The molecule has 1 aliphatic rings. The van der Waals surface area contributed by atoms with Gasteiger partial charge in [0.05, 0.1) is 35.3 Å². The van der Waals surface area contributed by atoms with Gasteiger partial charge in [-0.05, 0) is 85.6 Å². The summed E-state index contributed by atoms with van der Waals surface area (Å²) in [6.07, 6.45) is 1.90. The summed E-state index contributed by atoms with van der Waals surface area (Å²) in [6, 6.07) is 12.0. The summed E-state index contributed by atoms with van der Waals surface area (Å²) in [4.78, 5) is 38.0. The molecule has 0 bridgehead atoms. The van der Waals surface area contributed by atoms with Crippen LogP contribution in [0.15, 0.2) is 41.8 Å². The Bertz CT molecular complexity index is 1450. The molecular formula is C30H34N4O4S. The number of methoxy groups -OCH3 is 1. The Hall–Kier alpha value is -3.69. The van der Waals surface area contributed by atoms with Crippen LogP contribution in [-0.2, 0) is 28.9 Å². The van der Waals surface area contributed by atoms with Gasteiger partial charge in [-0.3, -0.25) is 9.59 Å². The fourth-order valence-corrected chi connectivity index (χ4v) is 5.98. The molecule has 1 unspecified atom stereocenters. The third kappa shape index (κ3) is 5.69. The summed E-state index contributed by atoms with van der Waals surface area (Å²) in [5, 5.41) is 5.34. The van der Waals surface area contributed by atoms with Crippen molar-refractivity contribution in [1.29, 1.82) is 0 Å². The number of carbonyl (C=O) groups excluding carboxylic acids is 2. The number of aryl methyl sites for hydroxylation is 1. The minimum atomic E-state index is -1.18. The number of hydrogen-bond acceptors (Lipinski definition) is 8. The molecule has 0 amide bonds. The van der Waals surface area contributed by atoms with E-state index < -0.39 is 11.9 Å². The summed E-state index contributed by atoms with van der Waals surface area (Å²) in [5.74, 6) is -1.00. The van der Waals surface area contributed by atoms with Crippen molar-refractivity contribution in [2.75, 3.05) is 39.2 Å². The number of aromatic nitrogens is 2. The summed E-state index contributed by atoms with van der Waals surface area (Å²) >= 11 is 1.33. The molecular weight excluding hydrogens is 512 g/mol. The normalized spacial score (nSPS) is 14.5. The Morgan fingerprint density at radius 3 is 2.56 bits per heavy atom. The van der Waals surface area contributed by atoms with E-state index in [0.29, 0.717) is 17.2 Å². The summed E-state index contributed by atoms with van der Waals surface area (Å²) in [5.41, 5.74) is 6.85. The van der Waals surface area contributed by atoms with Gasteiger partial charge in [0.1, 0.15) is 11.6 Å². The number of anilines is 1. The van der Waals surface area contributed by atoms with Gasteiger partial charge >= 0.3 is 5.97 Å². The summed E-state index contributed by atoms with van der Waals surface area (Å²) in [6.45, 7) is 6.38. The number of nitrogens with one attached hydrogen (secondary N) is 2. The van der Waals surface area contributed by atoms with Crippen molar-refractivity contribution in [2.45, 2.75) is 39.2 Å². The van der Waals surface area contributed by atoms with Gasteiger partial charge in [-0.2, -0.15) is 0 Å². The Morgan fingerprint density at radius 2 is 1.87 bits per heavy atom. The molecule has 1 atom stereocenters. The molecule has 0 aliphatic carbocycles. The molecule has 0 spiro atoms. The number of esters is 1. The Labute approximate surface area is 232 Å². The summed E-state index contributed by atoms with van der Waals surface area (Å²) in [7, 11) is 3.77. The molecule has 2 aromatic carbocycles. The Morgan fingerprint density at radius 1 is 1.15 bits per heavy atom. The topological polar surface area (TPSA) is 96.5 Å². The number of Topliss-reactive ketones (excluding diaryl/α,β-unsaturated/α-hetero) is 1. The van der Waals surface area contributed by atoms with E-state index in [-0.39, 0.29) is 12.4 Å². The molecule has 2 N–H and O–H groups in total. The van der Waals surface area contributed by atoms with E-state index in [0.717, 1.165) is 59.5 Å². The van der Waals surface area contributed by atoms with Crippen LogP contribution in [0.3, 0.4) is 0 Å². The van der Waals surface area contributed by atoms with Crippen LogP contribution in [0.5, 0.6) is 5.75 Å². The number of fused-ring (bicyclic) bond motifs is 2. The average Bonchev–Trinajstić information content (AvgIpc) is 3.46. The lowest BCUT2D eigenvalue weighted by molar-refractivity contribution is -0.143. The molecule has 4 aromatic rings. The standard InChI is InChI=1S/C30H34N4O4S/c1-5-38-30(36)25(29-32-23-14-20-10-12-34(3)13-11-21(20)15-24(23)33-29)27(35)28-26(18(2)17-39-28)31-16-19-6-8-22(37-4)9-7-19/h6-9,14-15,17,25,31H,5,10-13,16H2,1-4H3,(H,32,33). The van der Waals surface area contributed by atoms with Crippen LogP contribution in [0, 0.1) is 6.92 Å². The van der Waals surface area contributed by atoms with Crippen LogP contribution in [-0.4, -0.2) is 60.5 Å². The second-order valence-corrected chi connectivity index (χ2v) is 10.8. The number of rotatable bonds is 9. The predicted molar refractivity (Wildman–Crippen MR) is 154 cm³/mol. The number of benzene rings is 2. The molecule has 0 saturated heterocycles. The molecule has 39 heavy (non-hydrogen) atoms. The van der Waals surface area contributed by atoms with Crippen LogP contribution < -0.4 is 10.1 Å². The van der Waals surface area contributed by atoms with Crippen molar-refractivity contribution in [3.8, 4) is 5.75 Å². The number of hydrogen-bond donors (Lipinski definition) is 2. The highest BCUT2D eigenvalue weighted by Gasteiger charge is 2.36. The van der Waals surface area contributed by atoms with Gasteiger partial charge in [-0.15, -0.1) is 11.3 Å². The van der Waals surface area contributed by atoms with E-state index in [2.05, 4.69) is 34.4 Å². The van der Waals surface area contributed by atoms with Crippen LogP contribution >= 0.6 is 11.3 Å². The lowest BCUT2D eigenvalue weighted by Gasteiger charge is -2.14. The van der Waals surface area contributed by atoms with Crippen molar-refractivity contribution in [3.05, 3.63) is 74.7 Å². The third-order valence-electron chi connectivity index (χ3n) is 7.23. The van der Waals surface area contributed by atoms with Crippen molar-refractivity contribution < 1.29 is 19.1 Å². The second kappa shape index (κ2) is 11.6. The molecule has 5 rings (SSSR count). The Kier molecular flexibility index (Phi) is 7.99. The number of likely N-dealkylation sites (N-methyl/N-ethyl adjacent to an activating group) is 1. The van der Waals surface area contributed by atoms with E-state index in [1.165, 1.54) is 22.5 Å². The van der Waals surface area contributed by atoms with Crippen molar-refractivity contribution in [1.82, 2.24) is 14.9 Å². The molecule has 204 valence electrons. The van der Waals surface area contributed by atoms with Crippen LogP contribution in [0.2, 0.25) is 0 Å². The summed E-state index contributed by atoms with van der Waals surface area (Å²) < 4.78 is 10.6. The van der Waals surface area contributed by atoms with Gasteiger partial charge in [-0.25, -0.2) is 4.98 Å². The van der Waals surface area contributed by atoms with Gasteiger partial charge in [0, 0.05) is 19.6 Å². The van der Waals surface area contributed by atoms with Crippen LogP contribution in [0.25, 0.3) is 11.0 Å². The van der Waals surface area contributed by atoms with Crippen LogP contribution in [0.4, 0.5) is 5.69 Å². The lowest BCUT2D eigenvalue weighted by atomic mass is 10.0. The fraction of sp³-hybridized carbons (Fsp3) is 0.367. The Balaban J connectivity index is 1.45. The molecule has 2 aromatic heterocycles. The predicted octanol–water partition coefficient (Wildman–Crippen LogP) is 5.11. The van der Waals surface area contributed by atoms with E-state index >= 15 is 0 Å². The lowest BCUT2D eigenvalue weighted by Crippen LogP contribution is -2.25. The van der Waals surface area contributed by atoms with Gasteiger partial charge in [0.25, 0.3) is 0 Å². The molecule has 0 saturated carbocycles. The second-order valence-electron chi connectivity index (χ2n) is 9.94. The van der Waals surface area contributed by atoms with E-state index in [4.69, 9.17) is 14.5 Å². The molecule has 0 radical (unpaired) electrons. The van der Waals surface area contributed by atoms with Crippen molar-refractivity contribution in [2.24, 2.45) is 0 Å². The number of nitrogens with zero attached hydrogens (tertiary/aromatic N) is 2. The highest BCUT2D eigenvalue weighted by molar-refractivity contribution is 7.13. The third-order valence-corrected chi connectivity index (χ3v) is 8.34. The van der Waals surface area contributed by atoms with Gasteiger partial charge in [0.2, 0.25) is 0 Å². The molecule has 1 aliphatic heterocycles. The highest BCUT2D eigenvalue weighted by atomic mass is 32.1. The number of ether oxygens (including phenoxy) is 2. The quantitative estimate of drug-likeness (QED) is 0.171. The maximum atomic E-state index is 14.0. The van der Waals surface area contributed by atoms with E-state index in [9.17, 15) is 9.59 Å². The van der Waals surface area contributed by atoms with Crippen molar-refractivity contribution in [3.63, 3.8) is 0 Å². The van der Waals surface area contributed by atoms with Gasteiger partial charge in [0.15, 0.2) is 11.7 Å². The fourth-order valence-electron chi connectivity index (χ4n) is 4.98. The zero-order valence-electron chi connectivity index (χ0n) is 22.8. The molecule has 3 heterocycles. The largest absolute Gasteiger partial charge is 0.497 e. The molecule has 0 fully saturated rings. The first-order valence-electron chi connectivity index (χ1n) is 13.2. The number of thiophene rings is 1. The highest BCUT2D eigenvalue weighted by Crippen LogP contribution is 2.34.